The summed E-state index contributed by atoms with van der Waals surface area (Å²) in [7, 11) is 0. The van der Waals surface area contributed by atoms with Crippen LogP contribution in [0, 0.1) is 5.92 Å². The molecule has 1 aliphatic carbocycles. The van der Waals surface area contributed by atoms with E-state index in [9.17, 15) is 9.90 Å². The molecule has 4 nitrogen and oxygen atoms in total. The Hall–Kier alpha value is -1.81. The van der Waals surface area contributed by atoms with E-state index in [0.29, 0.717) is 18.0 Å². The summed E-state index contributed by atoms with van der Waals surface area (Å²) in [5, 5.41) is 13.2. The Kier molecular flexibility index (Phi) is 2.80. The van der Waals surface area contributed by atoms with Gasteiger partial charge in [-0.1, -0.05) is 6.07 Å². The Morgan fingerprint density at radius 2 is 2.22 bits per heavy atom. The fourth-order valence-electron chi connectivity index (χ4n) is 2.40. The summed E-state index contributed by atoms with van der Waals surface area (Å²) >= 11 is 0. The molecule has 3 rings (SSSR count). The molecule has 1 fully saturated rings. The van der Waals surface area contributed by atoms with E-state index < -0.39 is 0 Å². The monoisotopic (exact) mass is 244 g/mol. The predicted molar refractivity (Wildman–Crippen MR) is 69.4 cm³/mol. The molecule has 94 valence electrons. The van der Waals surface area contributed by atoms with Gasteiger partial charge in [0.05, 0.1) is 6.10 Å². The highest BCUT2D eigenvalue weighted by Crippen LogP contribution is 2.26. The quantitative estimate of drug-likeness (QED) is 0.769. The number of nitrogens with one attached hydrogen (secondary N) is 2. The van der Waals surface area contributed by atoms with Crippen LogP contribution in [0.15, 0.2) is 30.5 Å². The molecule has 4 heteroatoms. The van der Waals surface area contributed by atoms with Gasteiger partial charge in [0.15, 0.2) is 0 Å². The number of benzene rings is 1. The van der Waals surface area contributed by atoms with Gasteiger partial charge in [-0.2, -0.15) is 0 Å². The second kappa shape index (κ2) is 4.46. The molecular weight excluding hydrogens is 228 g/mol. The second-order valence-electron chi connectivity index (χ2n) is 4.98. The zero-order valence-corrected chi connectivity index (χ0v) is 10.0. The first kappa shape index (κ1) is 11.3. The minimum Gasteiger partial charge on any atom is -0.393 e. The van der Waals surface area contributed by atoms with Gasteiger partial charge in [0.1, 0.15) is 0 Å². The van der Waals surface area contributed by atoms with Crippen LogP contribution in [0.4, 0.5) is 0 Å². The van der Waals surface area contributed by atoms with Crippen molar-refractivity contribution in [2.75, 3.05) is 6.54 Å². The fraction of sp³-hybridized carbons (Fsp3) is 0.357. The summed E-state index contributed by atoms with van der Waals surface area (Å²) in [6, 6.07) is 7.61. The van der Waals surface area contributed by atoms with E-state index in [2.05, 4.69) is 10.3 Å². The molecule has 18 heavy (non-hydrogen) atoms. The molecule has 2 aromatic rings. The number of rotatable bonds is 3. The number of aliphatic hydroxyl groups excluding tert-OH is 1. The van der Waals surface area contributed by atoms with Gasteiger partial charge in [-0.25, -0.2) is 0 Å². The number of fused-ring (bicyclic) bond motifs is 1. The van der Waals surface area contributed by atoms with Gasteiger partial charge in [0.2, 0.25) is 0 Å². The zero-order valence-electron chi connectivity index (χ0n) is 10.0. The van der Waals surface area contributed by atoms with Crippen LogP contribution in [0.5, 0.6) is 0 Å². The van der Waals surface area contributed by atoms with Crippen molar-refractivity contribution in [2.45, 2.75) is 18.9 Å². The maximum Gasteiger partial charge on any atom is 0.251 e. The van der Waals surface area contributed by atoms with Crippen LogP contribution in [-0.2, 0) is 0 Å². The molecule has 0 spiro atoms. The number of H-pyrrole nitrogens is 1. The van der Waals surface area contributed by atoms with Crippen molar-refractivity contribution in [1.82, 2.24) is 10.3 Å². The maximum atomic E-state index is 11.9. The SMILES string of the molecule is O=C(NCC1CC(O)C1)c1ccc2cc[nH]c2c1. The summed E-state index contributed by atoms with van der Waals surface area (Å²) in [4.78, 5) is 15.0. The van der Waals surface area contributed by atoms with Gasteiger partial charge in [-0.3, -0.25) is 4.79 Å². The number of carbonyl (C=O) groups excluding carboxylic acids is 1. The third-order valence-corrected chi connectivity index (χ3v) is 3.58. The van der Waals surface area contributed by atoms with Crippen LogP contribution in [0.3, 0.4) is 0 Å². The van der Waals surface area contributed by atoms with Crippen LogP contribution in [0.2, 0.25) is 0 Å². The minimum absolute atomic E-state index is 0.0483. The lowest BCUT2D eigenvalue weighted by Gasteiger charge is -2.31. The standard InChI is InChI=1S/C14H16N2O2/c17-12-5-9(6-12)8-16-14(18)11-2-1-10-3-4-15-13(10)7-11/h1-4,7,9,12,15,17H,5-6,8H2,(H,16,18). The molecule has 1 aromatic carbocycles. The number of aromatic amines is 1. The molecule has 1 aliphatic rings. The number of amides is 1. The average molecular weight is 244 g/mol. The number of hydrogen-bond acceptors (Lipinski definition) is 2. The molecule has 1 saturated carbocycles. The summed E-state index contributed by atoms with van der Waals surface area (Å²) < 4.78 is 0. The van der Waals surface area contributed by atoms with E-state index in [-0.39, 0.29) is 12.0 Å². The van der Waals surface area contributed by atoms with E-state index in [0.717, 1.165) is 23.7 Å². The summed E-state index contributed by atoms with van der Waals surface area (Å²) in [5.41, 5.74) is 1.64. The lowest BCUT2D eigenvalue weighted by Crippen LogP contribution is -2.38. The van der Waals surface area contributed by atoms with Crippen molar-refractivity contribution in [3.63, 3.8) is 0 Å². The van der Waals surface area contributed by atoms with Gasteiger partial charge >= 0.3 is 0 Å². The first-order chi connectivity index (χ1) is 8.72. The summed E-state index contributed by atoms with van der Waals surface area (Å²) in [6.07, 6.45) is 3.30. The number of aliphatic hydroxyl groups is 1. The van der Waals surface area contributed by atoms with Gasteiger partial charge in [-0.15, -0.1) is 0 Å². The fourth-order valence-corrected chi connectivity index (χ4v) is 2.40. The summed E-state index contributed by atoms with van der Waals surface area (Å²) in [5.74, 6) is 0.381. The van der Waals surface area contributed by atoms with Gasteiger partial charge in [0, 0.05) is 23.8 Å². The third kappa shape index (κ3) is 2.11. The van der Waals surface area contributed by atoms with E-state index in [4.69, 9.17) is 0 Å². The molecular formula is C14H16N2O2. The van der Waals surface area contributed by atoms with E-state index in [1.165, 1.54) is 0 Å². The minimum atomic E-state index is -0.165. The van der Waals surface area contributed by atoms with Crippen LogP contribution in [-0.4, -0.2) is 28.6 Å². The second-order valence-corrected chi connectivity index (χ2v) is 4.98. The number of carbonyl (C=O) groups is 1. The van der Waals surface area contributed by atoms with Crippen LogP contribution in [0.25, 0.3) is 10.9 Å². The molecule has 3 N–H and O–H groups in total. The van der Waals surface area contributed by atoms with Crippen molar-refractivity contribution < 1.29 is 9.90 Å². The van der Waals surface area contributed by atoms with Crippen LogP contribution < -0.4 is 5.32 Å². The molecule has 0 saturated heterocycles. The Labute approximate surface area is 105 Å². The number of hydrogen-bond donors (Lipinski definition) is 3. The summed E-state index contributed by atoms with van der Waals surface area (Å²) in [6.45, 7) is 0.651. The van der Waals surface area contributed by atoms with Crippen molar-refractivity contribution in [1.29, 1.82) is 0 Å². The van der Waals surface area contributed by atoms with Crippen LogP contribution in [0.1, 0.15) is 23.2 Å². The Morgan fingerprint density at radius 3 is 3.00 bits per heavy atom. The molecule has 1 aromatic heterocycles. The Balaban J connectivity index is 1.64. The van der Waals surface area contributed by atoms with Gasteiger partial charge in [-0.05, 0) is 42.3 Å². The Bertz CT molecular complexity index is 570. The molecule has 1 amide bonds. The van der Waals surface area contributed by atoms with E-state index in [1.54, 1.807) is 0 Å². The first-order valence-electron chi connectivity index (χ1n) is 6.26. The number of aromatic nitrogens is 1. The average Bonchev–Trinajstić information content (AvgIpc) is 2.79. The molecule has 0 atom stereocenters. The van der Waals surface area contributed by atoms with Crippen molar-refractivity contribution in [3.8, 4) is 0 Å². The van der Waals surface area contributed by atoms with E-state index >= 15 is 0 Å². The molecule has 0 unspecified atom stereocenters. The smallest absolute Gasteiger partial charge is 0.251 e. The molecule has 1 heterocycles. The lowest BCUT2D eigenvalue weighted by atomic mass is 9.82. The van der Waals surface area contributed by atoms with Crippen molar-refractivity contribution >= 4 is 16.8 Å². The van der Waals surface area contributed by atoms with Crippen molar-refractivity contribution in [3.05, 3.63) is 36.0 Å². The lowest BCUT2D eigenvalue weighted by molar-refractivity contribution is 0.0420. The maximum absolute atomic E-state index is 11.9. The third-order valence-electron chi connectivity index (χ3n) is 3.58. The topological polar surface area (TPSA) is 65.1 Å². The van der Waals surface area contributed by atoms with Crippen molar-refractivity contribution in [2.24, 2.45) is 5.92 Å². The molecule has 0 radical (unpaired) electrons. The van der Waals surface area contributed by atoms with E-state index in [1.807, 2.05) is 30.5 Å². The van der Waals surface area contributed by atoms with Gasteiger partial charge < -0.3 is 15.4 Å². The highest BCUT2D eigenvalue weighted by atomic mass is 16.3. The molecule has 0 aliphatic heterocycles. The zero-order chi connectivity index (χ0) is 12.5. The van der Waals surface area contributed by atoms with Crippen LogP contribution >= 0.6 is 0 Å². The highest BCUT2D eigenvalue weighted by molar-refractivity contribution is 5.97. The first-order valence-corrected chi connectivity index (χ1v) is 6.26. The predicted octanol–water partition coefficient (Wildman–Crippen LogP) is 1.67. The highest BCUT2D eigenvalue weighted by Gasteiger charge is 2.27. The Morgan fingerprint density at radius 1 is 1.39 bits per heavy atom. The van der Waals surface area contributed by atoms with Gasteiger partial charge in [0.25, 0.3) is 5.91 Å². The largest absolute Gasteiger partial charge is 0.393 e. The molecule has 0 bridgehead atoms. The normalized spacial score (nSPS) is 22.7.